The molecule has 0 aliphatic rings. The number of benzene rings is 1. The van der Waals surface area contributed by atoms with Gasteiger partial charge in [-0.05, 0) is 18.7 Å². The molecule has 0 aliphatic carbocycles. The summed E-state index contributed by atoms with van der Waals surface area (Å²) >= 11 is 2.29. The molecule has 70 valence electrons. The highest BCUT2D eigenvalue weighted by molar-refractivity contribution is 14.1. The van der Waals surface area contributed by atoms with Gasteiger partial charge in [-0.25, -0.2) is 0 Å². The number of para-hydroxylation sites is 1. The Bertz CT molecular complexity index is 310. The lowest BCUT2D eigenvalue weighted by Gasteiger charge is -2.14. The number of hydrogen-bond acceptors (Lipinski definition) is 2. The first-order chi connectivity index (χ1) is 6.16. The Morgan fingerprint density at radius 1 is 1.62 bits per heavy atom. The Hall–Kier alpha value is -0.710. The molecule has 1 rings (SSSR count). The molecule has 2 nitrogen and oxygen atoms in total. The fraction of sp³-hybridized carbons (Fsp3) is 0.200. The predicted octanol–water partition coefficient (Wildman–Crippen LogP) is 2.74. The standard InChI is InChI=1S/C10H13IN2/c1-3-13-10(11)8-6-4-5-7(2)9(8)12/h3-6,10,13H,1,12H2,2H3. The smallest absolute Gasteiger partial charge is 0.105 e. The van der Waals surface area contributed by atoms with Gasteiger partial charge < -0.3 is 11.1 Å². The van der Waals surface area contributed by atoms with Crippen LogP contribution in [0.4, 0.5) is 5.69 Å². The fourth-order valence-corrected chi connectivity index (χ4v) is 1.91. The first kappa shape index (κ1) is 10.4. The molecule has 0 aromatic heterocycles. The molecule has 0 spiro atoms. The van der Waals surface area contributed by atoms with Gasteiger partial charge in [0.05, 0.1) is 0 Å². The van der Waals surface area contributed by atoms with E-state index in [2.05, 4.69) is 34.5 Å². The van der Waals surface area contributed by atoms with Gasteiger partial charge in [0.15, 0.2) is 0 Å². The van der Waals surface area contributed by atoms with E-state index in [1.54, 1.807) is 6.20 Å². The molecule has 1 aromatic carbocycles. The number of hydrogen-bond donors (Lipinski definition) is 2. The summed E-state index contributed by atoms with van der Waals surface area (Å²) in [5, 5.41) is 3.10. The average molecular weight is 288 g/mol. The van der Waals surface area contributed by atoms with E-state index >= 15 is 0 Å². The minimum Gasteiger partial charge on any atom is -0.398 e. The van der Waals surface area contributed by atoms with E-state index in [4.69, 9.17) is 5.73 Å². The molecule has 0 heterocycles. The van der Waals surface area contributed by atoms with Crippen molar-refractivity contribution in [2.75, 3.05) is 5.73 Å². The molecule has 3 heteroatoms. The third-order valence-corrected chi connectivity index (χ3v) is 2.93. The summed E-state index contributed by atoms with van der Waals surface area (Å²) in [5.41, 5.74) is 9.02. The van der Waals surface area contributed by atoms with E-state index in [9.17, 15) is 0 Å². The summed E-state index contributed by atoms with van der Waals surface area (Å²) in [6.07, 6.45) is 1.68. The van der Waals surface area contributed by atoms with Crippen LogP contribution in [-0.4, -0.2) is 0 Å². The van der Waals surface area contributed by atoms with Crippen molar-refractivity contribution in [2.24, 2.45) is 0 Å². The van der Waals surface area contributed by atoms with Gasteiger partial charge in [0.2, 0.25) is 0 Å². The van der Waals surface area contributed by atoms with E-state index in [1.807, 2.05) is 25.1 Å². The van der Waals surface area contributed by atoms with Gasteiger partial charge in [0.25, 0.3) is 0 Å². The maximum absolute atomic E-state index is 5.93. The number of nitrogen functional groups attached to an aromatic ring is 1. The van der Waals surface area contributed by atoms with Crippen LogP contribution in [0, 0.1) is 6.92 Å². The van der Waals surface area contributed by atoms with Crippen molar-refractivity contribution in [3.63, 3.8) is 0 Å². The molecule has 0 radical (unpaired) electrons. The summed E-state index contributed by atoms with van der Waals surface area (Å²) in [6, 6.07) is 6.05. The van der Waals surface area contributed by atoms with E-state index in [0.717, 1.165) is 16.8 Å². The van der Waals surface area contributed by atoms with Crippen LogP contribution in [-0.2, 0) is 0 Å². The minimum absolute atomic E-state index is 0.190. The molecule has 0 aliphatic heterocycles. The van der Waals surface area contributed by atoms with Crippen molar-refractivity contribution in [2.45, 2.75) is 11.0 Å². The van der Waals surface area contributed by atoms with E-state index in [-0.39, 0.29) is 4.05 Å². The highest BCUT2D eigenvalue weighted by Gasteiger charge is 2.08. The monoisotopic (exact) mass is 288 g/mol. The highest BCUT2D eigenvalue weighted by atomic mass is 127. The predicted molar refractivity (Wildman–Crippen MR) is 65.7 cm³/mol. The lowest BCUT2D eigenvalue weighted by atomic mass is 10.1. The van der Waals surface area contributed by atoms with Crippen molar-refractivity contribution in [3.8, 4) is 0 Å². The zero-order valence-electron chi connectivity index (χ0n) is 7.55. The molecular formula is C10H13IN2. The maximum atomic E-state index is 5.93. The number of nitrogens with two attached hydrogens (primary N) is 1. The first-order valence-electron chi connectivity index (χ1n) is 4.03. The number of rotatable bonds is 3. The van der Waals surface area contributed by atoms with Crippen LogP contribution in [0.1, 0.15) is 15.2 Å². The molecule has 1 unspecified atom stereocenters. The van der Waals surface area contributed by atoms with Crippen LogP contribution in [0.5, 0.6) is 0 Å². The van der Waals surface area contributed by atoms with E-state index in [1.165, 1.54) is 0 Å². The van der Waals surface area contributed by atoms with Crippen LogP contribution in [0.2, 0.25) is 0 Å². The van der Waals surface area contributed by atoms with Crippen molar-refractivity contribution in [3.05, 3.63) is 42.1 Å². The molecule has 0 saturated carbocycles. The Morgan fingerprint density at radius 3 is 2.92 bits per heavy atom. The second kappa shape index (κ2) is 4.50. The summed E-state index contributed by atoms with van der Waals surface area (Å²) in [7, 11) is 0. The second-order valence-corrected chi connectivity index (χ2v) is 4.06. The van der Waals surface area contributed by atoms with Gasteiger partial charge >= 0.3 is 0 Å². The quantitative estimate of drug-likeness (QED) is 0.388. The fourth-order valence-electron chi connectivity index (χ4n) is 1.12. The maximum Gasteiger partial charge on any atom is 0.105 e. The third kappa shape index (κ3) is 2.37. The SMILES string of the molecule is C=CNC(I)c1cccc(C)c1N. The van der Waals surface area contributed by atoms with Crippen molar-refractivity contribution in [1.29, 1.82) is 0 Å². The Labute approximate surface area is 92.4 Å². The number of anilines is 1. The topological polar surface area (TPSA) is 38.0 Å². The lowest BCUT2D eigenvalue weighted by molar-refractivity contribution is 0.880. The summed E-state index contributed by atoms with van der Waals surface area (Å²) in [5.74, 6) is 0. The van der Waals surface area contributed by atoms with Crippen LogP contribution in [0.3, 0.4) is 0 Å². The Kier molecular flexibility index (Phi) is 3.59. The number of alkyl halides is 1. The minimum atomic E-state index is 0.190. The van der Waals surface area contributed by atoms with Crippen LogP contribution in [0.25, 0.3) is 0 Å². The lowest BCUT2D eigenvalue weighted by Crippen LogP contribution is -2.10. The molecule has 0 bridgehead atoms. The molecule has 13 heavy (non-hydrogen) atoms. The number of nitrogens with one attached hydrogen (secondary N) is 1. The first-order valence-corrected chi connectivity index (χ1v) is 5.27. The zero-order valence-corrected chi connectivity index (χ0v) is 9.71. The molecule has 0 fully saturated rings. The Balaban J connectivity index is 3.00. The summed E-state index contributed by atoms with van der Waals surface area (Å²) < 4.78 is 0.190. The molecule has 1 atom stereocenters. The second-order valence-electron chi connectivity index (χ2n) is 2.81. The molecule has 1 aromatic rings. The van der Waals surface area contributed by atoms with Gasteiger partial charge in [0.1, 0.15) is 4.05 Å². The largest absolute Gasteiger partial charge is 0.398 e. The van der Waals surface area contributed by atoms with Crippen molar-refractivity contribution < 1.29 is 0 Å². The summed E-state index contributed by atoms with van der Waals surface area (Å²) in [6.45, 7) is 5.63. The van der Waals surface area contributed by atoms with Crippen LogP contribution >= 0.6 is 22.6 Å². The van der Waals surface area contributed by atoms with Crippen molar-refractivity contribution in [1.82, 2.24) is 5.32 Å². The molecule has 3 N–H and O–H groups in total. The third-order valence-electron chi connectivity index (χ3n) is 1.90. The molecule has 0 saturated heterocycles. The van der Waals surface area contributed by atoms with Gasteiger partial charge in [-0.2, -0.15) is 0 Å². The number of aryl methyl sites for hydroxylation is 1. The van der Waals surface area contributed by atoms with Crippen LogP contribution in [0.15, 0.2) is 31.0 Å². The van der Waals surface area contributed by atoms with Crippen molar-refractivity contribution >= 4 is 28.3 Å². The Morgan fingerprint density at radius 2 is 2.31 bits per heavy atom. The number of halogens is 1. The normalized spacial score (nSPS) is 12.2. The summed E-state index contributed by atoms with van der Waals surface area (Å²) in [4.78, 5) is 0. The van der Waals surface area contributed by atoms with Gasteiger partial charge in [-0.3, -0.25) is 0 Å². The zero-order chi connectivity index (χ0) is 9.84. The van der Waals surface area contributed by atoms with Gasteiger partial charge in [-0.1, -0.05) is 47.4 Å². The van der Waals surface area contributed by atoms with E-state index < -0.39 is 0 Å². The molecular weight excluding hydrogens is 275 g/mol. The van der Waals surface area contributed by atoms with E-state index in [0.29, 0.717) is 0 Å². The van der Waals surface area contributed by atoms with Gasteiger partial charge in [0, 0.05) is 11.3 Å². The highest BCUT2D eigenvalue weighted by Crippen LogP contribution is 2.27. The van der Waals surface area contributed by atoms with Gasteiger partial charge in [-0.15, -0.1) is 0 Å². The average Bonchev–Trinajstić information content (AvgIpc) is 2.10. The molecule has 0 amide bonds. The van der Waals surface area contributed by atoms with Crippen LogP contribution < -0.4 is 11.1 Å².